The zero-order valence-corrected chi connectivity index (χ0v) is 46.4. The van der Waals surface area contributed by atoms with Crippen LogP contribution in [-0.4, -0.2) is 150 Å². The number of anilines is 2. The first-order valence-corrected chi connectivity index (χ1v) is 28.7. The third-order valence-corrected chi connectivity index (χ3v) is 18.2. The Morgan fingerprint density at radius 3 is 2.36 bits per heavy atom. The lowest BCUT2D eigenvalue weighted by molar-refractivity contribution is -0.142. The number of morpholine rings is 1. The molecule has 5 aromatic rings. The lowest BCUT2D eigenvalue weighted by Crippen LogP contribution is -2.58. The third kappa shape index (κ3) is 13.2. The number of benzene rings is 3. The lowest BCUT2D eigenvalue weighted by atomic mass is 9.84. The molecule has 1 saturated carbocycles. The van der Waals surface area contributed by atoms with Gasteiger partial charge in [0, 0.05) is 87.0 Å². The van der Waals surface area contributed by atoms with Crippen LogP contribution in [0.15, 0.2) is 81.5 Å². The first kappa shape index (κ1) is 54.4. The van der Waals surface area contributed by atoms with Crippen LogP contribution in [0.25, 0.3) is 10.4 Å². The number of thiazole rings is 2. The van der Waals surface area contributed by atoms with Crippen LogP contribution in [0.2, 0.25) is 0 Å². The van der Waals surface area contributed by atoms with E-state index in [1.807, 2.05) is 80.0 Å². The number of carbonyl (C=O) groups is 4. The van der Waals surface area contributed by atoms with E-state index in [1.54, 1.807) is 34.4 Å². The maximum absolute atomic E-state index is 14.5. The van der Waals surface area contributed by atoms with Crippen molar-refractivity contribution in [2.45, 2.75) is 119 Å². The van der Waals surface area contributed by atoms with Crippen molar-refractivity contribution in [2.24, 2.45) is 5.41 Å². The average molecular weight is 1080 g/mol. The topological polar surface area (TPSA) is 182 Å². The fourth-order valence-corrected chi connectivity index (χ4v) is 13.5. The second-order valence-corrected chi connectivity index (χ2v) is 24.5. The van der Waals surface area contributed by atoms with Crippen molar-refractivity contribution in [2.75, 3.05) is 76.4 Å². The minimum atomic E-state index is -0.763. The van der Waals surface area contributed by atoms with Crippen LogP contribution in [0, 0.1) is 19.3 Å². The van der Waals surface area contributed by atoms with E-state index in [4.69, 9.17) is 9.47 Å². The van der Waals surface area contributed by atoms with E-state index < -0.39 is 23.6 Å². The zero-order valence-electron chi connectivity index (χ0n) is 43.9. The number of aliphatic hydroxyl groups is 1. The van der Waals surface area contributed by atoms with Gasteiger partial charge >= 0.3 is 0 Å². The summed E-state index contributed by atoms with van der Waals surface area (Å²) >= 11 is 4.49. The van der Waals surface area contributed by atoms with Gasteiger partial charge in [-0.05, 0) is 98.0 Å². The molecule has 16 nitrogen and oxygen atoms in total. The van der Waals surface area contributed by atoms with Crippen LogP contribution >= 0.6 is 34.4 Å². The Balaban J connectivity index is 0.731. The predicted molar refractivity (Wildman–Crippen MR) is 296 cm³/mol. The zero-order chi connectivity index (χ0) is 52.8. The van der Waals surface area contributed by atoms with Crippen LogP contribution in [-0.2, 0) is 20.9 Å². The largest absolute Gasteiger partial charge is 0.496 e. The summed E-state index contributed by atoms with van der Waals surface area (Å²) in [6.45, 7) is 16.4. The Hall–Kier alpha value is -5.41. The molecule has 1 aliphatic carbocycles. The van der Waals surface area contributed by atoms with Gasteiger partial charge < -0.3 is 39.9 Å². The number of β-amino-alcohol motifs (C(OH)–C–C–N with tert-alkyl or cyclic N) is 1. The lowest BCUT2D eigenvalue weighted by Gasteiger charge is -2.40. The van der Waals surface area contributed by atoms with Gasteiger partial charge in [-0.2, -0.15) is 0 Å². The fraction of sp³-hybridized carbons (Fsp3) is 0.500. The van der Waals surface area contributed by atoms with Gasteiger partial charge in [-0.15, -0.1) is 11.3 Å². The molecule has 3 unspecified atom stereocenters. The van der Waals surface area contributed by atoms with Crippen LogP contribution < -0.4 is 25.6 Å². The molecule has 400 valence electrons. The van der Waals surface area contributed by atoms with Gasteiger partial charge in [-0.1, -0.05) is 74.6 Å². The summed E-state index contributed by atoms with van der Waals surface area (Å²) < 4.78 is 11.9. The Labute approximate surface area is 453 Å². The second kappa shape index (κ2) is 24.3. The molecule has 2 aromatic heterocycles. The number of hydrogen-bond acceptors (Lipinski definition) is 15. The molecule has 4 amide bonds. The Kier molecular flexibility index (Phi) is 17.6. The van der Waals surface area contributed by atoms with Gasteiger partial charge in [-0.25, -0.2) is 9.97 Å². The highest BCUT2D eigenvalue weighted by Crippen LogP contribution is 2.39. The van der Waals surface area contributed by atoms with E-state index in [9.17, 15) is 24.3 Å². The Morgan fingerprint density at radius 2 is 1.67 bits per heavy atom. The summed E-state index contributed by atoms with van der Waals surface area (Å²) in [6, 6.07) is 19.0. The molecule has 4 N–H and O–H groups in total. The van der Waals surface area contributed by atoms with Crippen molar-refractivity contribution in [1.29, 1.82) is 0 Å². The van der Waals surface area contributed by atoms with Crippen LogP contribution in [0.3, 0.4) is 0 Å². The van der Waals surface area contributed by atoms with E-state index in [0.29, 0.717) is 60.9 Å². The highest BCUT2D eigenvalue weighted by Gasteiger charge is 2.45. The molecule has 9 rings (SSSR count). The molecule has 3 aromatic carbocycles. The number of aryl methyl sites for hydroxylation is 2. The second-order valence-electron chi connectivity index (χ2n) is 21.2. The SMILES string of the molecule is COc1cc(C)c(Sc2cnc(NC(=O)c3ccc(N4CCN(C5CCCC(N[C@H](C(=O)N6C[C@H](O)CC6C(=O)NCc6ccc(-c7scnc7C)cc6)C(C)(C)C)CC5)CC4)cc3)s2)cc1C(=O)N1CCOCC1. The van der Waals surface area contributed by atoms with Gasteiger partial charge in [0.1, 0.15) is 11.8 Å². The number of aromatic nitrogens is 2. The number of methoxy groups -OCH3 is 1. The van der Waals surface area contributed by atoms with Crippen LogP contribution in [0.4, 0.5) is 10.8 Å². The van der Waals surface area contributed by atoms with Crippen molar-refractivity contribution in [3.63, 3.8) is 0 Å². The molecule has 75 heavy (non-hydrogen) atoms. The highest BCUT2D eigenvalue weighted by molar-refractivity contribution is 8.01. The minimum Gasteiger partial charge on any atom is -0.496 e. The van der Waals surface area contributed by atoms with Gasteiger partial charge in [0.15, 0.2) is 5.13 Å². The van der Waals surface area contributed by atoms with Crippen LogP contribution in [0.5, 0.6) is 5.75 Å². The number of aliphatic hydroxyl groups excluding tert-OH is 1. The first-order valence-electron chi connectivity index (χ1n) is 26.2. The first-order chi connectivity index (χ1) is 36.1. The summed E-state index contributed by atoms with van der Waals surface area (Å²) in [5.41, 5.74) is 7.58. The Bertz CT molecular complexity index is 2780. The van der Waals surface area contributed by atoms with Gasteiger partial charge in [0.2, 0.25) is 11.8 Å². The van der Waals surface area contributed by atoms with Crippen LogP contribution in [0.1, 0.15) is 96.8 Å². The predicted octanol–water partition coefficient (Wildman–Crippen LogP) is 7.87. The molecule has 3 saturated heterocycles. The molecule has 0 radical (unpaired) electrons. The maximum atomic E-state index is 14.5. The number of likely N-dealkylation sites (tertiary alicyclic amines) is 1. The van der Waals surface area contributed by atoms with Crippen molar-refractivity contribution in [1.82, 2.24) is 35.3 Å². The standard InChI is InChI=1S/C56H71N9O7S3/c1-35-28-46(71-6)44(53(69)64-24-26-72-27-25-64)30-47(35)74-48-32-58-55(75-48)61-51(67)39-14-17-42(18-15-39)63-22-20-62(21-23-63)41-9-7-8-40(16-19-41)60-50(56(3,4)5)54(70)65-33-43(66)29-45(65)52(68)57-31-37-10-12-38(13-11-37)49-36(2)59-34-73-49/h10-15,17-18,28,30,32,34,40-41,43,45,50,60,66H,7-9,16,19-27,29,31,33H2,1-6H3,(H,57,68)(H,58,61,67)/t40?,41?,43-,45?,50-/m1/s1. The quantitative estimate of drug-likeness (QED) is 0.0745. The number of amides is 4. The Morgan fingerprint density at radius 1 is 0.920 bits per heavy atom. The maximum Gasteiger partial charge on any atom is 0.257 e. The summed E-state index contributed by atoms with van der Waals surface area (Å²) in [4.78, 5) is 74.3. The van der Waals surface area contributed by atoms with E-state index in [1.165, 1.54) is 23.1 Å². The third-order valence-electron chi connectivity index (χ3n) is 15.0. The summed E-state index contributed by atoms with van der Waals surface area (Å²) in [7, 11) is 1.58. The van der Waals surface area contributed by atoms with E-state index in [-0.39, 0.29) is 42.6 Å². The molecule has 0 bridgehead atoms. The number of carbonyl (C=O) groups excluding carboxylic acids is 4. The molecule has 19 heteroatoms. The molecule has 4 fully saturated rings. The van der Waals surface area contributed by atoms with Crippen molar-refractivity contribution < 1.29 is 33.8 Å². The minimum absolute atomic E-state index is 0.0817. The molecular weight excluding hydrogens is 1010 g/mol. The van der Waals surface area contributed by atoms with E-state index in [2.05, 4.69) is 56.5 Å². The molecule has 4 aliphatic rings. The number of hydrogen-bond donors (Lipinski definition) is 4. The summed E-state index contributed by atoms with van der Waals surface area (Å²) in [5.74, 6) is -0.149. The molecule has 3 aliphatic heterocycles. The normalized spacial score (nSPS) is 21.1. The molecular formula is C56H71N9O7S3. The smallest absolute Gasteiger partial charge is 0.257 e. The summed E-state index contributed by atoms with van der Waals surface area (Å²) in [6.07, 6.45) is 6.29. The monoisotopic (exact) mass is 1080 g/mol. The van der Waals surface area contributed by atoms with Gasteiger partial charge in [0.05, 0.1) is 64.5 Å². The molecule has 5 atom stereocenters. The fourth-order valence-electron chi connectivity index (χ4n) is 10.7. The number of ether oxygens (including phenoxy) is 2. The number of nitrogens with zero attached hydrogens (tertiary/aromatic N) is 6. The molecule has 5 heterocycles. The van der Waals surface area contributed by atoms with Crippen molar-refractivity contribution in [3.8, 4) is 16.2 Å². The number of piperazine rings is 1. The molecule has 0 spiro atoms. The van der Waals surface area contributed by atoms with Gasteiger partial charge in [-0.3, -0.25) is 29.4 Å². The van der Waals surface area contributed by atoms with Gasteiger partial charge in [0.25, 0.3) is 11.8 Å². The van der Waals surface area contributed by atoms with E-state index >= 15 is 0 Å². The number of nitrogens with one attached hydrogen (secondary N) is 3. The average Bonchev–Trinajstić information content (AvgIpc) is 4.12. The van der Waals surface area contributed by atoms with Crippen molar-refractivity contribution in [3.05, 3.63) is 100 Å². The summed E-state index contributed by atoms with van der Waals surface area (Å²) in [5, 5.41) is 21.1. The number of rotatable bonds is 15. The van der Waals surface area contributed by atoms with E-state index in [0.717, 1.165) is 100 Å². The van der Waals surface area contributed by atoms with Crippen molar-refractivity contribution >= 4 is 68.9 Å². The highest BCUT2D eigenvalue weighted by atomic mass is 32.2.